The molecule has 2 aliphatic rings. The van der Waals surface area contributed by atoms with E-state index >= 15 is 0 Å². The van der Waals surface area contributed by atoms with E-state index in [-0.39, 0.29) is 49.8 Å². The van der Waals surface area contributed by atoms with Crippen molar-refractivity contribution in [1.82, 2.24) is 9.80 Å². The van der Waals surface area contributed by atoms with Crippen molar-refractivity contribution in [3.05, 3.63) is 59.2 Å². The quantitative estimate of drug-likeness (QED) is 0.540. The molecule has 186 valence electrons. The number of fused-ring (bicyclic) bond motifs is 1. The maximum Gasteiger partial charge on any atom is 0.240 e. The van der Waals surface area contributed by atoms with Crippen molar-refractivity contribution in [3.63, 3.8) is 0 Å². The van der Waals surface area contributed by atoms with E-state index in [0.717, 1.165) is 11.1 Å². The Balaban J connectivity index is 1.62. The molecule has 2 atom stereocenters. The van der Waals surface area contributed by atoms with E-state index in [0.29, 0.717) is 30.3 Å². The minimum atomic E-state index is -1.24. The number of nitrogens with zero attached hydrogens (tertiary/aromatic N) is 2. The molecule has 0 radical (unpaired) electrons. The van der Waals surface area contributed by atoms with E-state index in [1.165, 1.54) is 12.0 Å². The predicted molar refractivity (Wildman–Crippen MR) is 129 cm³/mol. The van der Waals surface area contributed by atoms with Gasteiger partial charge in [-0.15, -0.1) is 0 Å². The Bertz CT molecular complexity index is 1130. The summed E-state index contributed by atoms with van der Waals surface area (Å²) < 4.78 is 16.4. The maximum atomic E-state index is 13.7. The fraction of sp³-hybridized carbons (Fsp3) is 0.444. The highest BCUT2D eigenvalue weighted by Gasteiger charge is 2.54. The van der Waals surface area contributed by atoms with Gasteiger partial charge in [0.25, 0.3) is 0 Å². The first-order chi connectivity index (χ1) is 16.8. The molecule has 2 aromatic rings. The summed E-state index contributed by atoms with van der Waals surface area (Å²) in [5.41, 5.74) is 1.24. The fourth-order valence-corrected chi connectivity index (χ4v) is 4.91. The van der Waals surface area contributed by atoms with Crippen LogP contribution in [0.4, 0.5) is 0 Å². The van der Waals surface area contributed by atoms with Crippen LogP contribution >= 0.6 is 0 Å². The molecule has 2 heterocycles. The average molecular weight is 481 g/mol. The Hall–Kier alpha value is -3.39. The zero-order valence-corrected chi connectivity index (χ0v) is 20.7. The second-order valence-corrected chi connectivity index (χ2v) is 9.18. The molecule has 0 aromatic heterocycles. The summed E-state index contributed by atoms with van der Waals surface area (Å²) >= 11 is 0. The lowest BCUT2D eigenvalue weighted by Crippen LogP contribution is -2.44. The van der Waals surface area contributed by atoms with Gasteiger partial charge in [-0.3, -0.25) is 19.3 Å². The first-order valence-electron chi connectivity index (χ1n) is 11.8. The van der Waals surface area contributed by atoms with Crippen LogP contribution in [0.15, 0.2) is 42.5 Å². The largest absolute Gasteiger partial charge is 0.486 e. The number of rotatable bonds is 8. The van der Waals surface area contributed by atoms with Crippen LogP contribution in [-0.4, -0.2) is 68.0 Å². The normalized spacial score (nSPS) is 20.2. The van der Waals surface area contributed by atoms with Gasteiger partial charge in [0, 0.05) is 27.0 Å². The molecule has 0 saturated carbocycles. The SMILES string of the molecule is COCCN1C(=O)C[C@](CC(=O)N(C)[C@H](C)c2ccc3c(c2)OCCO3)(c2ccccc2C)C1=O. The first kappa shape index (κ1) is 24.7. The van der Waals surface area contributed by atoms with Crippen LogP contribution in [0.25, 0.3) is 0 Å². The van der Waals surface area contributed by atoms with E-state index < -0.39 is 5.41 Å². The van der Waals surface area contributed by atoms with Crippen LogP contribution in [0, 0.1) is 6.92 Å². The van der Waals surface area contributed by atoms with Gasteiger partial charge in [-0.25, -0.2) is 0 Å². The van der Waals surface area contributed by atoms with Crippen molar-refractivity contribution in [1.29, 1.82) is 0 Å². The van der Waals surface area contributed by atoms with E-state index in [1.807, 2.05) is 56.3 Å². The molecular weight excluding hydrogens is 448 g/mol. The minimum Gasteiger partial charge on any atom is -0.486 e. The van der Waals surface area contributed by atoms with Gasteiger partial charge in [-0.1, -0.05) is 30.3 Å². The molecule has 0 N–H and O–H groups in total. The molecule has 1 saturated heterocycles. The highest BCUT2D eigenvalue weighted by Crippen LogP contribution is 2.42. The zero-order chi connectivity index (χ0) is 25.2. The number of aryl methyl sites for hydroxylation is 1. The molecule has 8 heteroatoms. The van der Waals surface area contributed by atoms with Crippen molar-refractivity contribution in [2.75, 3.05) is 40.5 Å². The molecule has 2 aliphatic heterocycles. The van der Waals surface area contributed by atoms with Crippen LogP contribution in [0.1, 0.15) is 42.5 Å². The van der Waals surface area contributed by atoms with Gasteiger partial charge in [0.2, 0.25) is 17.7 Å². The number of hydrogen-bond donors (Lipinski definition) is 0. The summed E-state index contributed by atoms with van der Waals surface area (Å²) in [5, 5.41) is 0. The zero-order valence-electron chi connectivity index (χ0n) is 20.7. The number of imide groups is 1. The Morgan fingerprint density at radius 3 is 2.57 bits per heavy atom. The maximum absolute atomic E-state index is 13.7. The molecule has 8 nitrogen and oxygen atoms in total. The molecule has 4 rings (SSSR count). The highest BCUT2D eigenvalue weighted by molar-refractivity contribution is 6.11. The Morgan fingerprint density at radius 2 is 1.86 bits per heavy atom. The monoisotopic (exact) mass is 480 g/mol. The summed E-state index contributed by atoms with van der Waals surface area (Å²) in [5.74, 6) is 0.493. The van der Waals surface area contributed by atoms with Crippen molar-refractivity contribution >= 4 is 17.7 Å². The van der Waals surface area contributed by atoms with Crippen LogP contribution < -0.4 is 9.47 Å². The second kappa shape index (κ2) is 10.1. The molecule has 0 unspecified atom stereocenters. The molecule has 0 bridgehead atoms. The number of ether oxygens (including phenoxy) is 3. The minimum absolute atomic E-state index is 0.0433. The predicted octanol–water partition coefficient (Wildman–Crippen LogP) is 3.02. The standard InChI is InChI=1S/C27H32N2O6/c1-18-7-5-6-8-21(18)27(17-25(31)29(26(27)32)11-12-33-4)16-24(30)28(3)19(2)20-9-10-22-23(15-20)35-14-13-34-22/h5-10,15,19H,11-14,16-17H2,1-4H3/t19-,27-/m1/s1. The van der Waals surface area contributed by atoms with Crippen molar-refractivity contribution in [2.24, 2.45) is 0 Å². The second-order valence-electron chi connectivity index (χ2n) is 9.18. The summed E-state index contributed by atoms with van der Waals surface area (Å²) in [6, 6.07) is 12.8. The molecule has 3 amide bonds. The number of methoxy groups -OCH3 is 1. The number of carbonyl (C=O) groups is 3. The lowest BCUT2D eigenvalue weighted by molar-refractivity contribution is -0.143. The van der Waals surface area contributed by atoms with Crippen LogP contribution in [0.3, 0.4) is 0 Å². The topological polar surface area (TPSA) is 85.4 Å². The molecule has 0 spiro atoms. The average Bonchev–Trinajstić information content (AvgIpc) is 3.10. The Kier molecular flexibility index (Phi) is 7.12. The van der Waals surface area contributed by atoms with Gasteiger partial charge >= 0.3 is 0 Å². The van der Waals surface area contributed by atoms with Gasteiger partial charge in [0.1, 0.15) is 13.2 Å². The Labute approximate surface area is 205 Å². The van der Waals surface area contributed by atoms with Crippen LogP contribution in [-0.2, 0) is 24.5 Å². The van der Waals surface area contributed by atoms with Crippen molar-refractivity contribution in [3.8, 4) is 11.5 Å². The summed E-state index contributed by atoms with van der Waals surface area (Å²) in [7, 11) is 3.25. The molecule has 35 heavy (non-hydrogen) atoms. The highest BCUT2D eigenvalue weighted by atomic mass is 16.6. The van der Waals surface area contributed by atoms with Gasteiger partial charge in [-0.2, -0.15) is 0 Å². The fourth-order valence-electron chi connectivity index (χ4n) is 4.91. The number of benzene rings is 2. The van der Waals surface area contributed by atoms with Gasteiger partial charge < -0.3 is 19.1 Å². The number of carbonyl (C=O) groups excluding carboxylic acids is 3. The van der Waals surface area contributed by atoms with Crippen molar-refractivity contribution < 1.29 is 28.6 Å². The van der Waals surface area contributed by atoms with E-state index in [9.17, 15) is 14.4 Å². The summed E-state index contributed by atoms with van der Waals surface area (Å²) in [6.45, 7) is 5.23. The third-order valence-corrected chi connectivity index (χ3v) is 7.06. The van der Waals surface area contributed by atoms with Crippen molar-refractivity contribution in [2.45, 2.75) is 38.1 Å². The lowest BCUT2D eigenvalue weighted by Gasteiger charge is -2.33. The van der Waals surface area contributed by atoms with Gasteiger partial charge in [-0.05, 0) is 42.7 Å². The van der Waals surface area contributed by atoms with Crippen LogP contribution in [0.5, 0.6) is 11.5 Å². The molecule has 1 fully saturated rings. The number of likely N-dealkylation sites (tertiary alicyclic amines) is 1. The number of hydrogen-bond acceptors (Lipinski definition) is 6. The number of amides is 3. The van der Waals surface area contributed by atoms with E-state index in [4.69, 9.17) is 14.2 Å². The molecular formula is C27H32N2O6. The van der Waals surface area contributed by atoms with E-state index in [1.54, 1.807) is 11.9 Å². The third-order valence-electron chi connectivity index (χ3n) is 7.06. The first-order valence-corrected chi connectivity index (χ1v) is 11.8. The molecule has 2 aromatic carbocycles. The van der Waals surface area contributed by atoms with Crippen LogP contribution in [0.2, 0.25) is 0 Å². The molecule has 0 aliphatic carbocycles. The summed E-state index contributed by atoms with van der Waals surface area (Å²) in [4.78, 5) is 43.1. The Morgan fingerprint density at radius 1 is 1.14 bits per heavy atom. The van der Waals surface area contributed by atoms with Gasteiger partial charge in [0.05, 0.1) is 24.6 Å². The van der Waals surface area contributed by atoms with Gasteiger partial charge in [0.15, 0.2) is 11.5 Å². The summed E-state index contributed by atoms with van der Waals surface area (Å²) in [6.07, 6.45) is -0.143. The third kappa shape index (κ3) is 4.62. The van der Waals surface area contributed by atoms with E-state index in [2.05, 4.69) is 0 Å². The smallest absolute Gasteiger partial charge is 0.240 e. The lowest BCUT2D eigenvalue weighted by atomic mass is 9.74.